The van der Waals surface area contributed by atoms with Gasteiger partial charge >= 0.3 is 6.36 Å². The van der Waals surface area contributed by atoms with Crippen LogP contribution in [0.1, 0.15) is 44.6 Å². The molecule has 2 atom stereocenters. The van der Waals surface area contributed by atoms with Crippen LogP contribution in [0.3, 0.4) is 0 Å². The van der Waals surface area contributed by atoms with E-state index in [0.717, 1.165) is 37.7 Å². The molecular weight excluding hydrogens is 267 g/mol. The van der Waals surface area contributed by atoms with E-state index in [2.05, 4.69) is 11.7 Å². The quantitative estimate of drug-likeness (QED) is 0.897. The van der Waals surface area contributed by atoms with Crippen LogP contribution in [0.4, 0.5) is 13.2 Å². The fourth-order valence-corrected chi connectivity index (χ4v) is 3.20. The Morgan fingerprint density at radius 2 is 2.10 bits per heavy atom. The number of halogens is 3. The number of ether oxygens (including phenoxy) is 1. The Labute approximate surface area is 117 Å². The maximum atomic E-state index is 12.3. The van der Waals surface area contributed by atoms with Gasteiger partial charge in [0.2, 0.25) is 0 Å². The number of nitrogens with two attached hydrogens (primary N) is 1. The van der Waals surface area contributed by atoms with Crippen molar-refractivity contribution >= 4 is 0 Å². The highest BCUT2D eigenvalue weighted by atomic mass is 19.4. The van der Waals surface area contributed by atoms with E-state index in [9.17, 15) is 13.2 Å². The molecule has 0 aromatic heterocycles. The summed E-state index contributed by atoms with van der Waals surface area (Å²) in [5.74, 6) is 0.109. The molecule has 1 aromatic carbocycles. The van der Waals surface area contributed by atoms with Crippen molar-refractivity contribution in [1.82, 2.24) is 0 Å². The fraction of sp³-hybridized carbons (Fsp3) is 0.600. The first kappa shape index (κ1) is 15.2. The van der Waals surface area contributed by atoms with E-state index >= 15 is 0 Å². The second-order valence-electron chi connectivity index (χ2n) is 5.47. The molecule has 1 aliphatic rings. The van der Waals surface area contributed by atoms with Gasteiger partial charge in [0.25, 0.3) is 0 Å². The molecule has 0 saturated heterocycles. The molecule has 1 aliphatic carbocycles. The van der Waals surface area contributed by atoms with E-state index < -0.39 is 11.9 Å². The summed E-state index contributed by atoms with van der Waals surface area (Å²) in [5, 5.41) is 0. The van der Waals surface area contributed by atoms with Crippen LogP contribution in [0.5, 0.6) is 5.75 Å². The van der Waals surface area contributed by atoms with Crippen molar-refractivity contribution in [3.05, 3.63) is 29.8 Å². The van der Waals surface area contributed by atoms with E-state index in [-0.39, 0.29) is 5.75 Å². The van der Waals surface area contributed by atoms with Crippen molar-refractivity contribution in [3.8, 4) is 5.75 Å². The standard InChI is InChI=1S/C15H20F3NO/c1-2-11-6-3-4-9-14(11,19)12-7-5-8-13(10-12)20-15(16,17)18/h5,7-8,10-11H,2-4,6,9,19H2,1H3. The summed E-state index contributed by atoms with van der Waals surface area (Å²) in [6.45, 7) is 2.08. The average molecular weight is 287 g/mol. The summed E-state index contributed by atoms with van der Waals surface area (Å²) in [5.41, 5.74) is 6.73. The van der Waals surface area contributed by atoms with Crippen LogP contribution in [-0.4, -0.2) is 6.36 Å². The Kier molecular flexibility index (Phi) is 4.28. The van der Waals surface area contributed by atoms with Crippen LogP contribution in [0.15, 0.2) is 24.3 Å². The predicted molar refractivity (Wildman–Crippen MR) is 71.2 cm³/mol. The Morgan fingerprint density at radius 1 is 1.35 bits per heavy atom. The zero-order chi connectivity index (χ0) is 14.8. The van der Waals surface area contributed by atoms with Crippen LogP contribution in [-0.2, 0) is 5.54 Å². The predicted octanol–water partition coefficient (Wildman–Crippen LogP) is 4.34. The third-order valence-corrected chi connectivity index (χ3v) is 4.22. The van der Waals surface area contributed by atoms with Gasteiger partial charge in [-0.2, -0.15) is 0 Å². The van der Waals surface area contributed by atoms with Crippen molar-refractivity contribution in [3.63, 3.8) is 0 Å². The number of alkyl halides is 3. The first-order valence-corrected chi connectivity index (χ1v) is 7.00. The van der Waals surface area contributed by atoms with Gasteiger partial charge in [-0.15, -0.1) is 13.2 Å². The lowest BCUT2D eigenvalue weighted by Gasteiger charge is -2.41. The van der Waals surface area contributed by atoms with E-state index in [1.165, 1.54) is 12.1 Å². The van der Waals surface area contributed by atoms with E-state index in [0.29, 0.717) is 5.92 Å². The summed E-state index contributed by atoms with van der Waals surface area (Å²) in [6, 6.07) is 6.12. The van der Waals surface area contributed by atoms with Crippen LogP contribution in [0.25, 0.3) is 0 Å². The van der Waals surface area contributed by atoms with Gasteiger partial charge in [0.05, 0.1) is 0 Å². The van der Waals surface area contributed by atoms with Gasteiger partial charge in [-0.25, -0.2) is 0 Å². The normalized spacial score (nSPS) is 27.4. The molecule has 1 fully saturated rings. The van der Waals surface area contributed by atoms with Crippen molar-refractivity contribution in [2.24, 2.45) is 11.7 Å². The van der Waals surface area contributed by atoms with Gasteiger partial charge in [0.1, 0.15) is 5.75 Å². The molecule has 112 valence electrons. The average Bonchev–Trinajstić information content (AvgIpc) is 2.37. The molecular formula is C15H20F3NO. The number of rotatable bonds is 3. The first-order chi connectivity index (χ1) is 9.35. The summed E-state index contributed by atoms with van der Waals surface area (Å²) in [6.07, 6.45) is 0.240. The Morgan fingerprint density at radius 3 is 2.75 bits per heavy atom. The zero-order valence-electron chi connectivity index (χ0n) is 11.5. The highest BCUT2D eigenvalue weighted by Crippen LogP contribution is 2.42. The van der Waals surface area contributed by atoms with Crippen molar-refractivity contribution in [1.29, 1.82) is 0 Å². The molecule has 2 rings (SSSR count). The second-order valence-corrected chi connectivity index (χ2v) is 5.47. The van der Waals surface area contributed by atoms with Gasteiger partial charge in [-0.05, 0) is 36.5 Å². The van der Waals surface area contributed by atoms with E-state index in [1.54, 1.807) is 12.1 Å². The summed E-state index contributed by atoms with van der Waals surface area (Å²) in [7, 11) is 0. The minimum absolute atomic E-state index is 0.194. The number of benzene rings is 1. The number of hydrogen-bond donors (Lipinski definition) is 1. The fourth-order valence-electron chi connectivity index (χ4n) is 3.20. The molecule has 1 saturated carbocycles. The van der Waals surface area contributed by atoms with Gasteiger partial charge < -0.3 is 10.5 Å². The van der Waals surface area contributed by atoms with E-state index in [1.807, 2.05) is 0 Å². The van der Waals surface area contributed by atoms with Gasteiger partial charge in [-0.3, -0.25) is 0 Å². The van der Waals surface area contributed by atoms with Gasteiger partial charge in [0, 0.05) is 5.54 Å². The maximum absolute atomic E-state index is 12.3. The molecule has 20 heavy (non-hydrogen) atoms. The highest BCUT2D eigenvalue weighted by Gasteiger charge is 2.38. The lowest BCUT2D eigenvalue weighted by atomic mass is 9.68. The molecule has 0 spiro atoms. The molecule has 2 N–H and O–H groups in total. The zero-order valence-corrected chi connectivity index (χ0v) is 11.5. The lowest BCUT2D eigenvalue weighted by molar-refractivity contribution is -0.274. The molecule has 2 unspecified atom stereocenters. The minimum atomic E-state index is -4.67. The van der Waals surface area contributed by atoms with Crippen LogP contribution in [0.2, 0.25) is 0 Å². The Bertz CT molecular complexity index is 461. The summed E-state index contributed by atoms with van der Waals surface area (Å²) >= 11 is 0. The largest absolute Gasteiger partial charge is 0.573 e. The number of hydrogen-bond acceptors (Lipinski definition) is 2. The second kappa shape index (κ2) is 5.64. The smallest absolute Gasteiger partial charge is 0.406 e. The maximum Gasteiger partial charge on any atom is 0.573 e. The molecule has 5 heteroatoms. The third-order valence-electron chi connectivity index (χ3n) is 4.22. The molecule has 0 radical (unpaired) electrons. The van der Waals surface area contributed by atoms with Crippen molar-refractivity contribution in [2.75, 3.05) is 0 Å². The van der Waals surface area contributed by atoms with Gasteiger partial charge in [0.15, 0.2) is 0 Å². The van der Waals surface area contributed by atoms with Crippen LogP contribution < -0.4 is 10.5 Å². The molecule has 1 aromatic rings. The molecule has 0 bridgehead atoms. The monoisotopic (exact) mass is 287 g/mol. The molecule has 0 heterocycles. The van der Waals surface area contributed by atoms with E-state index in [4.69, 9.17) is 5.73 Å². The summed E-state index contributed by atoms with van der Waals surface area (Å²) < 4.78 is 40.9. The highest BCUT2D eigenvalue weighted by molar-refractivity contribution is 5.34. The SMILES string of the molecule is CCC1CCCCC1(N)c1cccc(OC(F)(F)F)c1. The third kappa shape index (κ3) is 3.26. The van der Waals surface area contributed by atoms with Crippen molar-refractivity contribution in [2.45, 2.75) is 50.9 Å². The van der Waals surface area contributed by atoms with Crippen LogP contribution >= 0.6 is 0 Å². The van der Waals surface area contributed by atoms with Gasteiger partial charge in [-0.1, -0.05) is 38.3 Å². The molecule has 0 amide bonds. The Balaban J connectivity index is 2.29. The Hall–Kier alpha value is -1.23. The van der Waals surface area contributed by atoms with Crippen molar-refractivity contribution < 1.29 is 17.9 Å². The van der Waals surface area contributed by atoms with Crippen LogP contribution in [0, 0.1) is 5.92 Å². The first-order valence-electron chi connectivity index (χ1n) is 7.00. The lowest BCUT2D eigenvalue weighted by Crippen LogP contribution is -2.46. The molecule has 2 nitrogen and oxygen atoms in total. The minimum Gasteiger partial charge on any atom is -0.406 e. The summed E-state index contributed by atoms with van der Waals surface area (Å²) in [4.78, 5) is 0. The topological polar surface area (TPSA) is 35.2 Å². The molecule has 0 aliphatic heterocycles.